The molecule has 0 bridgehead atoms. The van der Waals surface area contributed by atoms with E-state index in [1.165, 1.54) is 47.1 Å². The van der Waals surface area contributed by atoms with Crippen molar-refractivity contribution in [3.05, 3.63) is 76.4 Å². The second-order valence-electron chi connectivity index (χ2n) is 14.5. The van der Waals surface area contributed by atoms with Crippen molar-refractivity contribution < 1.29 is 18.9 Å². The van der Waals surface area contributed by atoms with Crippen LogP contribution in [0.15, 0.2) is 70.9 Å². The van der Waals surface area contributed by atoms with Gasteiger partial charge in [0.15, 0.2) is 5.79 Å². The van der Waals surface area contributed by atoms with Gasteiger partial charge in [-0.25, -0.2) is 0 Å². The van der Waals surface area contributed by atoms with Crippen LogP contribution in [0.2, 0.25) is 0 Å². The van der Waals surface area contributed by atoms with Crippen LogP contribution in [0.5, 0.6) is 5.75 Å². The lowest BCUT2D eigenvalue weighted by Gasteiger charge is -2.33. The van der Waals surface area contributed by atoms with E-state index >= 15 is 0 Å². The summed E-state index contributed by atoms with van der Waals surface area (Å²) in [6.07, 6.45) is 21.4. The van der Waals surface area contributed by atoms with E-state index in [2.05, 4.69) is 102 Å². The van der Waals surface area contributed by atoms with Gasteiger partial charge in [-0.1, -0.05) is 72.6 Å². The van der Waals surface area contributed by atoms with E-state index in [1.807, 2.05) is 6.92 Å². The summed E-state index contributed by atoms with van der Waals surface area (Å²) in [6.45, 7) is 20.3. The van der Waals surface area contributed by atoms with Crippen LogP contribution in [0.4, 0.5) is 0 Å². The fourth-order valence-electron chi connectivity index (χ4n) is 5.30. The Kier molecular flexibility index (Phi) is 20.3. The fraction of sp³-hybridized carbons (Fsp3) is 0.667. The van der Waals surface area contributed by atoms with Crippen LogP contribution in [0, 0.1) is 5.92 Å². The maximum absolute atomic E-state index is 6.58. The van der Waals surface area contributed by atoms with Crippen LogP contribution in [0.1, 0.15) is 125 Å². The van der Waals surface area contributed by atoms with Crippen molar-refractivity contribution in [3.8, 4) is 5.75 Å². The molecule has 0 amide bonds. The highest BCUT2D eigenvalue weighted by Crippen LogP contribution is 2.29. The summed E-state index contributed by atoms with van der Waals surface area (Å²) < 4.78 is 24.5. The Morgan fingerprint density at radius 1 is 0.851 bits per heavy atom. The maximum Gasteiger partial charge on any atom is 0.166 e. The minimum atomic E-state index is -0.693. The first-order valence-corrected chi connectivity index (χ1v) is 18.3. The van der Waals surface area contributed by atoms with Gasteiger partial charge in [-0.05, 0) is 129 Å². The largest absolute Gasteiger partial charge is 0.491 e. The average molecular weight is 652 g/mol. The molecule has 0 aliphatic heterocycles. The molecule has 1 aliphatic rings. The Morgan fingerprint density at radius 2 is 1.43 bits per heavy atom. The third kappa shape index (κ3) is 20.7. The highest BCUT2D eigenvalue weighted by atomic mass is 16.7. The minimum absolute atomic E-state index is 0.146. The highest BCUT2D eigenvalue weighted by Gasteiger charge is 2.28. The van der Waals surface area contributed by atoms with Crippen molar-refractivity contribution >= 4 is 0 Å². The quantitative estimate of drug-likeness (QED) is 0.0614. The number of hydrogen-bond acceptors (Lipinski definition) is 5. The number of benzene rings is 1. The summed E-state index contributed by atoms with van der Waals surface area (Å²) in [5.41, 5.74) is 7.08. The summed E-state index contributed by atoms with van der Waals surface area (Å²) in [7, 11) is 1.74. The molecule has 0 heterocycles. The van der Waals surface area contributed by atoms with Crippen LogP contribution in [-0.4, -0.2) is 51.4 Å². The molecule has 47 heavy (non-hydrogen) atoms. The standard InChI is InChI=1S/C42H69NO4/c1-33(2)14-10-15-35(5)16-11-17-36(6)18-12-19-37(7)20-13-28-42(8,44-9)47-41(30-43-34(3)4)32-46-40-25-23-38(24-26-40)27-29-45-31-39-21-22-39/h14,16,18,20,23-26,34,39,41,43H,10-13,15,17,19,21-22,27-32H2,1-9H3. The van der Waals surface area contributed by atoms with Gasteiger partial charge in [0.2, 0.25) is 0 Å². The topological polar surface area (TPSA) is 49.0 Å². The smallest absolute Gasteiger partial charge is 0.166 e. The van der Waals surface area contributed by atoms with Gasteiger partial charge in [-0.15, -0.1) is 0 Å². The number of nitrogens with one attached hydrogen (secondary N) is 1. The van der Waals surface area contributed by atoms with Gasteiger partial charge >= 0.3 is 0 Å². The molecule has 2 unspecified atom stereocenters. The molecule has 0 spiro atoms. The van der Waals surface area contributed by atoms with E-state index < -0.39 is 5.79 Å². The van der Waals surface area contributed by atoms with Crippen molar-refractivity contribution in [1.82, 2.24) is 5.32 Å². The van der Waals surface area contributed by atoms with Crippen molar-refractivity contribution in [1.29, 1.82) is 0 Å². The SMILES string of the molecule is COC(C)(CCC=C(C)CCC=C(C)CCC=C(C)CCC=C(C)C)OC(CNC(C)C)COc1ccc(CCOCC2CC2)cc1. The predicted molar refractivity (Wildman–Crippen MR) is 200 cm³/mol. The van der Waals surface area contributed by atoms with E-state index in [0.717, 1.165) is 76.2 Å². The normalized spacial score (nSPS) is 16.3. The molecule has 1 N–H and O–H groups in total. The molecule has 1 fully saturated rings. The Balaban J connectivity index is 1.77. The first kappa shape index (κ1) is 41.0. The lowest BCUT2D eigenvalue weighted by Crippen LogP contribution is -2.44. The summed E-state index contributed by atoms with van der Waals surface area (Å²) in [5, 5.41) is 3.52. The third-order valence-electron chi connectivity index (χ3n) is 8.79. The van der Waals surface area contributed by atoms with Gasteiger partial charge < -0.3 is 24.3 Å². The molecule has 1 aromatic rings. The van der Waals surface area contributed by atoms with Crippen LogP contribution in [-0.2, 0) is 20.6 Å². The molecule has 266 valence electrons. The van der Waals surface area contributed by atoms with Gasteiger partial charge in [0, 0.05) is 32.7 Å². The van der Waals surface area contributed by atoms with Crippen molar-refractivity contribution in [3.63, 3.8) is 0 Å². The highest BCUT2D eigenvalue weighted by molar-refractivity contribution is 5.27. The van der Waals surface area contributed by atoms with Crippen molar-refractivity contribution in [2.24, 2.45) is 5.92 Å². The number of hydrogen-bond donors (Lipinski definition) is 1. The van der Waals surface area contributed by atoms with Crippen molar-refractivity contribution in [2.45, 2.75) is 144 Å². The van der Waals surface area contributed by atoms with Crippen molar-refractivity contribution in [2.75, 3.05) is 33.5 Å². The number of methoxy groups -OCH3 is 1. The molecule has 2 atom stereocenters. The molecule has 5 nitrogen and oxygen atoms in total. The minimum Gasteiger partial charge on any atom is -0.491 e. The molecule has 0 radical (unpaired) electrons. The lowest BCUT2D eigenvalue weighted by molar-refractivity contribution is -0.241. The van der Waals surface area contributed by atoms with Gasteiger partial charge in [0.25, 0.3) is 0 Å². The second-order valence-corrected chi connectivity index (χ2v) is 14.5. The van der Waals surface area contributed by atoms with Crippen LogP contribution in [0.25, 0.3) is 0 Å². The van der Waals surface area contributed by atoms with E-state index in [4.69, 9.17) is 18.9 Å². The van der Waals surface area contributed by atoms with E-state index in [1.54, 1.807) is 7.11 Å². The van der Waals surface area contributed by atoms with E-state index in [0.29, 0.717) is 19.2 Å². The first-order valence-electron chi connectivity index (χ1n) is 18.3. The molecule has 1 aliphatic carbocycles. The Bertz CT molecular complexity index is 1110. The Hall–Kier alpha value is -2.18. The average Bonchev–Trinajstić information content (AvgIpc) is 3.85. The number of allylic oxidation sites excluding steroid dienone is 8. The molecule has 1 aromatic carbocycles. The molecular weight excluding hydrogens is 582 g/mol. The van der Waals surface area contributed by atoms with Gasteiger partial charge in [-0.2, -0.15) is 0 Å². The van der Waals surface area contributed by atoms with Gasteiger partial charge in [0.1, 0.15) is 18.5 Å². The zero-order valence-corrected chi connectivity index (χ0v) is 31.6. The summed E-state index contributed by atoms with van der Waals surface area (Å²) in [4.78, 5) is 0. The maximum atomic E-state index is 6.58. The van der Waals surface area contributed by atoms with Crippen LogP contribution >= 0.6 is 0 Å². The Labute approximate surface area is 289 Å². The zero-order chi connectivity index (χ0) is 34.5. The van der Waals surface area contributed by atoms with E-state index in [9.17, 15) is 0 Å². The molecule has 0 saturated heterocycles. The molecule has 2 rings (SSSR count). The monoisotopic (exact) mass is 652 g/mol. The first-order chi connectivity index (χ1) is 22.5. The Morgan fingerprint density at radius 3 is 1.96 bits per heavy atom. The molecule has 1 saturated carbocycles. The summed E-state index contributed by atoms with van der Waals surface area (Å²) in [5.74, 6) is 0.972. The van der Waals surface area contributed by atoms with Crippen LogP contribution < -0.4 is 10.1 Å². The summed E-state index contributed by atoms with van der Waals surface area (Å²) >= 11 is 0. The predicted octanol–water partition coefficient (Wildman–Crippen LogP) is 10.7. The lowest BCUT2D eigenvalue weighted by atomic mass is 10.0. The number of ether oxygens (including phenoxy) is 4. The fourth-order valence-corrected chi connectivity index (χ4v) is 5.30. The third-order valence-corrected chi connectivity index (χ3v) is 8.79. The number of rotatable bonds is 26. The van der Waals surface area contributed by atoms with Gasteiger partial charge in [0.05, 0.1) is 6.61 Å². The second kappa shape index (κ2) is 23.2. The molecule has 0 aromatic heterocycles. The van der Waals surface area contributed by atoms with E-state index in [-0.39, 0.29) is 6.10 Å². The molecular formula is C42H69NO4. The molecule has 5 heteroatoms. The zero-order valence-electron chi connectivity index (χ0n) is 31.6. The van der Waals surface area contributed by atoms with Gasteiger partial charge in [-0.3, -0.25) is 0 Å². The van der Waals surface area contributed by atoms with Crippen LogP contribution in [0.3, 0.4) is 0 Å². The summed E-state index contributed by atoms with van der Waals surface area (Å²) in [6, 6.07) is 8.73.